The van der Waals surface area contributed by atoms with Gasteiger partial charge in [-0.2, -0.15) is 28.2 Å². The lowest BCUT2D eigenvalue weighted by atomic mass is 10.1. The van der Waals surface area contributed by atoms with Crippen molar-refractivity contribution in [2.75, 3.05) is 18.4 Å². The van der Waals surface area contributed by atoms with Crippen LogP contribution < -0.4 is 5.32 Å². The summed E-state index contributed by atoms with van der Waals surface area (Å²) in [5.74, 6) is 0. The molecule has 1 aromatic carbocycles. The smallest absolute Gasteiger partial charge is 0.320 e. The summed E-state index contributed by atoms with van der Waals surface area (Å²) in [6.45, 7) is 1.02. The summed E-state index contributed by atoms with van der Waals surface area (Å²) in [5, 5.41) is 18.4. The number of urea groups is 1. The standard InChI is InChI=1S/C16H15F3N8O/c17-16(18,19)13-3-1-2-4-14(13)22-15(28)25-9-12(10-25)26-7-11(23-24-26)8-27-20-5-6-21-27/h1-7,12H,8-10H2,(H,22,28). The third kappa shape index (κ3) is 3.66. The van der Waals surface area contributed by atoms with E-state index in [4.69, 9.17) is 0 Å². The van der Waals surface area contributed by atoms with Crippen LogP contribution in [0.25, 0.3) is 0 Å². The maximum Gasteiger partial charge on any atom is 0.418 e. The Hall–Kier alpha value is -3.44. The number of aromatic nitrogens is 6. The third-order valence-electron chi connectivity index (χ3n) is 4.33. The third-order valence-corrected chi connectivity index (χ3v) is 4.33. The normalized spacial score (nSPS) is 14.8. The van der Waals surface area contributed by atoms with E-state index in [1.165, 1.54) is 27.9 Å². The van der Waals surface area contributed by atoms with Crippen molar-refractivity contribution >= 4 is 11.7 Å². The number of rotatable bonds is 4. The van der Waals surface area contributed by atoms with Crippen LogP contribution in [0.1, 0.15) is 17.3 Å². The first-order valence-electron chi connectivity index (χ1n) is 8.37. The van der Waals surface area contributed by atoms with Gasteiger partial charge in [0.1, 0.15) is 12.2 Å². The van der Waals surface area contributed by atoms with Crippen molar-refractivity contribution in [3.63, 3.8) is 0 Å². The van der Waals surface area contributed by atoms with Crippen LogP contribution in [-0.4, -0.2) is 54.0 Å². The van der Waals surface area contributed by atoms with Crippen LogP contribution in [0.15, 0.2) is 42.9 Å². The zero-order valence-corrected chi connectivity index (χ0v) is 14.4. The molecule has 0 spiro atoms. The Labute approximate surface area is 156 Å². The molecule has 0 saturated carbocycles. The Morgan fingerprint density at radius 3 is 2.61 bits per heavy atom. The number of carbonyl (C=O) groups is 1. The van der Waals surface area contributed by atoms with E-state index in [0.717, 1.165) is 6.07 Å². The van der Waals surface area contributed by atoms with Gasteiger partial charge in [0, 0.05) is 13.1 Å². The van der Waals surface area contributed by atoms with Crippen LogP contribution >= 0.6 is 0 Å². The van der Waals surface area contributed by atoms with Crippen molar-refractivity contribution in [2.45, 2.75) is 18.8 Å². The minimum atomic E-state index is -4.54. The van der Waals surface area contributed by atoms with E-state index >= 15 is 0 Å². The zero-order valence-electron chi connectivity index (χ0n) is 14.4. The summed E-state index contributed by atoms with van der Waals surface area (Å²) in [4.78, 5) is 15.1. The van der Waals surface area contributed by atoms with Gasteiger partial charge in [0.05, 0.1) is 35.9 Å². The lowest BCUT2D eigenvalue weighted by molar-refractivity contribution is -0.136. The van der Waals surface area contributed by atoms with Gasteiger partial charge in [-0.1, -0.05) is 17.3 Å². The first-order chi connectivity index (χ1) is 13.4. The Kier molecular flexibility index (Phi) is 4.45. The Bertz CT molecular complexity index is 962. The largest absolute Gasteiger partial charge is 0.418 e. The van der Waals surface area contributed by atoms with Crippen LogP contribution in [0.2, 0.25) is 0 Å². The number of para-hydroxylation sites is 1. The molecule has 0 atom stereocenters. The van der Waals surface area contributed by atoms with Gasteiger partial charge in [-0.15, -0.1) is 5.10 Å². The van der Waals surface area contributed by atoms with Crippen molar-refractivity contribution in [1.82, 2.24) is 34.9 Å². The van der Waals surface area contributed by atoms with Crippen LogP contribution in [-0.2, 0) is 12.7 Å². The lowest BCUT2D eigenvalue weighted by Crippen LogP contribution is -2.52. The minimum absolute atomic E-state index is 0.0876. The monoisotopic (exact) mass is 392 g/mol. The van der Waals surface area contributed by atoms with Crippen LogP contribution in [0.4, 0.5) is 23.7 Å². The van der Waals surface area contributed by atoms with E-state index in [-0.39, 0.29) is 11.7 Å². The molecule has 1 N–H and O–H groups in total. The molecule has 0 radical (unpaired) electrons. The number of halogens is 3. The maximum absolute atomic E-state index is 13.0. The first-order valence-corrected chi connectivity index (χ1v) is 8.37. The van der Waals surface area contributed by atoms with Crippen LogP contribution in [0.5, 0.6) is 0 Å². The fraction of sp³-hybridized carbons (Fsp3) is 0.312. The summed E-state index contributed by atoms with van der Waals surface area (Å²) in [6, 6.07) is 4.20. The van der Waals surface area contributed by atoms with E-state index in [0.29, 0.717) is 25.3 Å². The van der Waals surface area contributed by atoms with Gasteiger partial charge in [0.15, 0.2) is 0 Å². The molecule has 1 aliphatic heterocycles. The lowest BCUT2D eigenvalue weighted by Gasteiger charge is -2.38. The highest BCUT2D eigenvalue weighted by atomic mass is 19.4. The number of amides is 2. The highest BCUT2D eigenvalue weighted by molar-refractivity contribution is 5.90. The molecular formula is C16H15F3N8O. The summed E-state index contributed by atoms with van der Waals surface area (Å²) < 4.78 is 40.7. The molecular weight excluding hydrogens is 377 g/mol. The van der Waals surface area contributed by atoms with Crippen molar-refractivity contribution < 1.29 is 18.0 Å². The Morgan fingerprint density at radius 1 is 1.18 bits per heavy atom. The van der Waals surface area contributed by atoms with Crippen molar-refractivity contribution in [2.24, 2.45) is 0 Å². The number of hydrogen-bond acceptors (Lipinski definition) is 5. The second-order valence-corrected chi connectivity index (χ2v) is 6.28. The van der Waals surface area contributed by atoms with Gasteiger partial charge < -0.3 is 10.2 Å². The topological polar surface area (TPSA) is 93.8 Å². The molecule has 2 amide bonds. The molecule has 146 valence electrons. The summed E-state index contributed by atoms with van der Waals surface area (Å²) in [6.07, 6.45) is 0.317. The molecule has 1 saturated heterocycles. The van der Waals surface area contributed by atoms with E-state index in [2.05, 4.69) is 25.8 Å². The van der Waals surface area contributed by atoms with E-state index in [1.54, 1.807) is 23.3 Å². The summed E-state index contributed by atoms with van der Waals surface area (Å²) >= 11 is 0. The van der Waals surface area contributed by atoms with Gasteiger partial charge in [0.2, 0.25) is 0 Å². The minimum Gasteiger partial charge on any atom is -0.320 e. The summed E-state index contributed by atoms with van der Waals surface area (Å²) in [5.41, 5.74) is -0.481. The van der Waals surface area contributed by atoms with Gasteiger partial charge in [-0.3, -0.25) is 0 Å². The molecule has 12 heteroatoms. The molecule has 0 aliphatic carbocycles. The fourth-order valence-corrected chi connectivity index (χ4v) is 2.86. The number of anilines is 1. The molecule has 1 fully saturated rings. The van der Waals surface area contributed by atoms with Gasteiger partial charge >= 0.3 is 12.2 Å². The van der Waals surface area contributed by atoms with Gasteiger partial charge in [-0.05, 0) is 12.1 Å². The van der Waals surface area contributed by atoms with Crippen LogP contribution in [0.3, 0.4) is 0 Å². The van der Waals surface area contributed by atoms with E-state index < -0.39 is 17.8 Å². The molecule has 9 nitrogen and oxygen atoms in total. The predicted octanol–water partition coefficient (Wildman–Crippen LogP) is 2.03. The van der Waals surface area contributed by atoms with Crippen molar-refractivity contribution in [3.05, 3.63) is 54.1 Å². The molecule has 3 aromatic rings. The summed E-state index contributed by atoms with van der Waals surface area (Å²) in [7, 11) is 0. The zero-order chi connectivity index (χ0) is 19.7. The van der Waals surface area contributed by atoms with Crippen LogP contribution in [0, 0.1) is 0 Å². The molecule has 4 rings (SSSR count). The van der Waals surface area contributed by atoms with Crippen molar-refractivity contribution in [3.8, 4) is 0 Å². The van der Waals surface area contributed by atoms with E-state index in [1.807, 2.05) is 0 Å². The molecule has 1 aliphatic rings. The Morgan fingerprint density at radius 2 is 1.89 bits per heavy atom. The van der Waals surface area contributed by atoms with E-state index in [9.17, 15) is 18.0 Å². The molecule has 0 bridgehead atoms. The quantitative estimate of drug-likeness (QED) is 0.733. The number of benzene rings is 1. The Balaban J connectivity index is 1.34. The number of likely N-dealkylation sites (tertiary alicyclic amines) is 1. The highest BCUT2D eigenvalue weighted by Crippen LogP contribution is 2.35. The number of alkyl halides is 3. The fourth-order valence-electron chi connectivity index (χ4n) is 2.86. The highest BCUT2D eigenvalue weighted by Gasteiger charge is 2.36. The molecule has 2 aromatic heterocycles. The van der Waals surface area contributed by atoms with Crippen molar-refractivity contribution in [1.29, 1.82) is 0 Å². The first kappa shape index (κ1) is 17.9. The number of nitrogens with zero attached hydrogens (tertiary/aromatic N) is 7. The molecule has 28 heavy (non-hydrogen) atoms. The van der Waals surface area contributed by atoms with Gasteiger partial charge in [-0.25, -0.2) is 9.48 Å². The molecule has 0 unspecified atom stereocenters. The second kappa shape index (κ2) is 6.94. The predicted molar refractivity (Wildman–Crippen MR) is 90.2 cm³/mol. The number of carbonyl (C=O) groups excluding carboxylic acids is 1. The average Bonchev–Trinajstić information content (AvgIpc) is 3.26. The maximum atomic E-state index is 13.0. The number of hydrogen-bond donors (Lipinski definition) is 1. The number of nitrogens with one attached hydrogen (secondary N) is 1. The SMILES string of the molecule is O=C(Nc1ccccc1C(F)(F)F)N1CC(n2cc(Cn3nccn3)nn2)C1. The molecule has 3 heterocycles. The van der Waals surface area contributed by atoms with Gasteiger partial charge in [0.25, 0.3) is 0 Å². The second-order valence-electron chi connectivity index (χ2n) is 6.28. The average molecular weight is 392 g/mol.